The lowest BCUT2D eigenvalue weighted by Gasteiger charge is -2.16. The summed E-state index contributed by atoms with van der Waals surface area (Å²) in [5.74, 6) is 0.599. The van der Waals surface area contributed by atoms with Crippen LogP contribution in [0, 0.1) is 0 Å². The van der Waals surface area contributed by atoms with Crippen LogP contribution in [0.1, 0.15) is 27.0 Å². The zero-order chi connectivity index (χ0) is 21.8. The summed E-state index contributed by atoms with van der Waals surface area (Å²) < 4.78 is 31.0. The molecule has 1 amide bonds. The zero-order valence-electron chi connectivity index (χ0n) is 17.2. The Morgan fingerprint density at radius 2 is 1.71 bits per heavy atom. The normalized spacial score (nSPS) is 13.0. The minimum absolute atomic E-state index is 0.195. The smallest absolute Gasteiger partial charge is 0.251 e. The third-order valence-corrected chi connectivity index (χ3v) is 6.47. The minimum Gasteiger partial charge on any atom is -0.489 e. The predicted octanol–water partition coefficient (Wildman–Crippen LogP) is 3.52. The Kier molecular flexibility index (Phi) is 5.95. The van der Waals surface area contributed by atoms with Crippen LogP contribution in [0.3, 0.4) is 0 Å². The van der Waals surface area contributed by atoms with Crippen LogP contribution in [0.25, 0.3) is 0 Å². The second kappa shape index (κ2) is 8.81. The highest BCUT2D eigenvalue weighted by molar-refractivity contribution is 7.92. The molecule has 7 heteroatoms. The van der Waals surface area contributed by atoms with Gasteiger partial charge in [0.1, 0.15) is 12.4 Å². The highest BCUT2D eigenvalue weighted by atomic mass is 32.2. The summed E-state index contributed by atoms with van der Waals surface area (Å²) in [4.78, 5) is 12.7. The number of rotatable bonds is 7. The van der Waals surface area contributed by atoms with E-state index in [1.54, 1.807) is 18.2 Å². The van der Waals surface area contributed by atoms with E-state index in [1.165, 1.54) is 10.6 Å². The third-order valence-electron chi connectivity index (χ3n) is 5.29. The Hall–Kier alpha value is -3.32. The highest BCUT2D eigenvalue weighted by Crippen LogP contribution is 2.30. The quantitative estimate of drug-likeness (QED) is 0.615. The molecule has 160 valence electrons. The number of benzene rings is 3. The van der Waals surface area contributed by atoms with E-state index in [9.17, 15) is 13.2 Å². The number of amides is 1. The Morgan fingerprint density at radius 3 is 2.45 bits per heavy atom. The SMILES string of the molecule is CS(=O)(=O)N1CCc2cc(C(=O)NCc3ccccc3COc3ccccc3)ccc21. The van der Waals surface area contributed by atoms with E-state index in [0.29, 0.717) is 37.4 Å². The summed E-state index contributed by atoms with van der Waals surface area (Å²) in [7, 11) is -3.30. The van der Waals surface area contributed by atoms with Crippen molar-refractivity contribution < 1.29 is 17.9 Å². The van der Waals surface area contributed by atoms with Gasteiger partial charge >= 0.3 is 0 Å². The molecule has 1 heterocycles. The maximum Gasteiger partial charge on any atom is 0.251 e. The van der Waals surface area contributed by atoms with Crippen LogP contribution in [0.4, 0.5) is 5.69 Å². The molecule has 0 aliphatic carbocycles. The summed E-state index contributed by atoms with van der Waals surface area (Å²) in [6.07, 6.45) is 1.80. The van der Waals surface area contributed by atoms with Crippen molar-refractivity contribution >= 4 is 21.6 Å². The lowest BCUT2D eigenvalue weighted by molar-refractivity contribution is 0.0950. The van der Waals surface area contributed by atoms with Crippen molar-refractivity contribution in [3.8, 4) is 5.75 Å². The van der Waals surface area contributed by atoms with Crippen LogP contribution in [-0.4, -0.2) is 27.1 Å². The number of para-hydroxylation sites is 1. The summed E-state index contributed by atoms with van der Waals surface area (Å²) in [5, 5.41) is 2.96. The van der Waals surface area contributed by atoms with Gasteiger partial charge in [0.15, 0.2) is 0 Å². The number of ether oxygens (including phenoxy) is 1. The molecule has 31 heavy (non-hydrogen) atoms. The van der Waals surface area contributed by atoms with Gasteiger partial charge in [-0.25, -0.2) is 8.42 Å². The van der Waals surface area contributed by atoms with E-state index in [1.807, 2.05) is 54.6 Å². The molecule has 1 aliphatic rings. The summed E-state index contributed by atoms with van der Waals surface area (Å²) in [5.41, 5.74) is 4.03. The van der Waals surface area contributed by atoms with Gasteiger partial charge in [-0.3, -0.25) is 9.10 Å². The number of fused-ring (bicyclic) bond motifs is 1. The number of sulfonamides is 1. The van der Waals surface area contributed by atoms with E-state index < -0.39 is 10.0 Å². The molecule has 0 saturated carbocycles. The highest BCUT2D eigenvalue weighted by Gasteiger charge is 2.26. The third kappa shape index (κ3) is 4.88. The minimum atomic E-state index is -3.30. The fourth-order valence-electron chi connectivity index (χ4n) is 3.68. The van der Waals surface area contributed by atoms with E-state index in [0.717, 1.165) is 22.4 Å². The Balaban J connectivity index is 1.42. The molecule has 1 aliphatic heterocycles. The summed E-state index contributed by atoms with van der Waals surface area (Å²) in [6, 6.07) is 22.6. The Labute approximate surface area is 182 Å². The van der Waals surface area contributed by atoms with Gasteiger partial charge in [-0.2, -0.15) is 0 Å². The average molecular weight is 437 g/mol. The number of nitrogens with one attached hydrogen (secondary N) is 1. The molecule has 1 N–H and O–H groups in total. The first-order valence-corrected chi connectivity index (χ1v) is 11.9. The van der Waals surface area contributed by atoms with Gasteiger partial charge in [0.2, 0.25) is 10.0 Å². The molecule has 0 aromatic heterocycles. The average Bonchev–Trinajstić information content (AvgIpc) is 3.21. The molecule has 3 aromatic rings. The molecule has 6 nitrogen and oxygen atoms in total. The van der Waals surface area contributed by atoms with Gasteiger partial charge in [-0.05, 0) is 53.4 Å². The number of hydrogen-bond acceptors (Lipinski definition) is 4. The van der Waals surface area contributed by atoms with Gasteiger partial charge in [0.25, 0.3) is 5.91 Å². The standard InChI is InChI=1S/C24H24N2O4S/c1-31(28,29)26-14-13-18-15-19(11-12-23(18)26)24(27)25-16-20-7-5-6-8-21(20)17-30-22-9-3-2-4-10-22/h2-12,15H,13-14,16-17H2,1H3,(H,25,27). The topological polar surface area (TPSA) is 75.7 Å². The number of hydrogen-bond donors (Lipinski definition) is 1. The van der Waals surface area contributed by atoms with Gasteiger partial charge < -0.3 is 10.1 Å². The van der Waals surface area contributed by atoms with E-state index in [2.05, 4.69) is 5.32 Å². The molecule has 0 bridgehead atoms. The molecule has 4 rings (SSSR count). The van der Waals surface area contributed by atoms with Gasteiger partial charge in [-0.15, -0.1) is 0 Å². The largest absolute Gasteiger partial charge is 0.489 e. The Bertz CT molecular complexity index is 1190. The van der Waals surface area contributed by atoms with Crippen molar-refractivity contribution in [2.75, 3.05) is 17.1 Å². The molecule has 0 fully saturated rings. The first kappa shape index (κ1) is 20.9. The Morgan fingerprint density at radius 1 is 1.00 bits per heavy atom. The van der Waals surface area contributed by atoms with Crippen molar-refractivity contribution in [2.24, 2.45) is 0 Å². The second-order valence-electron chi connectivity index (χ2n) is 7.48. The van der Waals surface area contributed by atoms with Crippen LogP contribution in [-0.2, 0) is 29.6 Å². The number of carbonyl (C=O) groups excluding carboxylic acids is 1. The zero-order valence-corrected chi connectivity index (χ0v) is 18.1. The number of anilines is 1. The van der Waals surface area contributed by atoms with Crippen molar-refractivity contribution in [1.29, 1.82) is 0 Å². The van der Waals surface area contributed by atoms with Gasteiger partial charge in [-0.1, -0.05) is 42.5 Å². The number of nitrogens with zero attached hydrogens (tertiary/aromatic N) is 1. The molecule has 3 aromatic carbocycles. The molecular formula is C24H24N2O4S. The van der Waals surface area contributed by atoms with Gasteiger partial charge in [0.05, 0.1) is 11.9 Å². The summed E-state index contributed by atoms with van der Waals surface area (Å²) in [6.45, 7) is 1.20. The maximum absolute atomic E-state index is 12.7. The van der Waals surface area contributed by atoms with E-state index in [-0.39, 0.29) is 5.91 Å². The lowest BCUT2D eigenvalue weighted by Crippen LogP contribution is -2.27. The van der Waals surface area contributed by atoms with Gasteiger partial charge in [0, 0.05) is 18.7 Å². The predicted molar refractivity (Wildman–Crippen MR) is 121 cm³/mol. The van der Waals surface area contributed by atoms with Crippen LogP contribution in [0.15, 0.2) is 72.8 Å². The van der Waals surface area contributed by atoms with Crippen LogP contribution < -0.4 is 14.4 Å². The van der Waals surface area contributed by atoms with E-state index in [4.69, 9.17) is 4.74 Å². The van der Waals surface area contributed by atoms with Crippen molar-refractivity contribution in [1.82, 2.24) is 5.32 Å². The van der Waals surface area contributed by atoms with E-state index >= 15 is 0 Å². The molecule has 0 saturated heterocycles. The van der Waals surface area contributed by atoms with Crippen LogP contribution in [0.5, 0.6) is 5.75 Å². The molecule has 0 radical (unpaired) electrons. The maximum atomic E-state index is 12.7. The second-order valence-corrected chi connectivity index (χ2v) is 9.39. The first-order chi connectivity index (χ1) is 14.9. The molecule has 0 unspecified atom stereocenters. The van der Waals surface area contributed by atoms with Crippen molar-refractivity contribution in [3.05, 3.63) is 95.1 Å². The van der Waals surface area contributed by atoms with Crippen LogP contribution in [0.2, 0.25) is 0 Å². The number of carbonyl (C=O) groups is 1. The van der Waals surface area contributed by atoms with Crippen molar-refractivity contribution in [2.45, 2.75) is 19.6 Å². The molecular weight excluding hydrogens is 412 g/mol. The van der Waals surface area contributed by atoms with Crippen molar-refractivity contribution in [3.63, 3.8) is 0 Å². The first-order valence-electron chi connectivity index (χ1n) is 10.1. The fraction of sp³-hybridized carbons (Fsp3) is 0.208. The summed E-state index contributed by atoms with van der Waals surface area (Å²) >= 11 is 0. The fourth-order valence-corrected chi connectivity index (χ4v) is 4.64. The lowest BCUT2D eigenvalue weighted by atomic mass is 10.1. The van der Waals surface area contributed by atoms with Crippen LogP contribution >= 0.6 is 0 Å². The molecule has 0 spiro atoms. The monoisotopic (exact) mass is 436 g/mol. The molecule has 0 atom stereocenters.